The maximum absolute atomic E-state index is 12.1. The number of ether oxygens (including phenoxy) is 1. The van der Waals surface area contributed by atoms with E-state index in [1.165, 1.54) is 0 Å². The lowest BCUT2D eigenvalue weighted by atomic mass is 10.2. The highest BCUT2D eigenvalue weighted by Crippen LogP contribution is 2.23. The lowest BCUT2D eigenvalue weighted by molar-refractivity contribution is -0.122. The second-order valence-corrected chi connectivity index (χ2v) is 6.01. The van der Waals surface area contributed by atoms with Crippen LogP contribution in [-0.4, -0.2) is 12.0 Å². The Kier molecular flexibility index (Phi) is 5.26. The van der Waals surface area contributed by atoms with E-state index in [9.17, 15) is 4.79 Å². The average molecular weight is 369 g/mol. The molecule has 0 fully saturated rings. The number of carbonyl (C=O) groups is 1. The predicted molar refractivity (Wildman–Crippen MR) is 89.1 cm³/mol. The number of hydrogen-bond acceptors (Lipinski definition) is 2. The molecule has 0 unspecified atom stereocenters. The van der Waals surface area contributed by atoms with Crippen LogP contribution in [0.4, 0.5) is 5.69 Å². The fourth-order valence-electron chi connectivity index (χ4n) is 1.73. The topological polar surface area (TPSA) is 38.3 Å². The fraction of sp³-hybridized carbons (Fsp3) is 0.188. The molecule has 2 rings (SSSR count). The summed E-state index contributed by atoms with van der Waals surface area (Å²) >= 11 is 9.44. The minimum Gasteiger partial charge on any atom is -0.481 e. The first-order valence-corrected chi connectivity index (χ1v) is 7.62. The second-order valence-electron chi connectivity index (χ2n) is 4.69. The number of amides is 1. The van der Waals surface area contributed by atoms with Gasteiger partial charge in [0.2, 0.25) is 0 Å². The van der Waals surface area contributed by atoms with Crippen LogP contribution in [-0.2, 0) is 4.79 Å². The summed E-state index contributed by atoms with van der Waals surface area (Å²) in [6.07, 6.45) is -0.622. The van der Waals surface area contributed by atoms with Crippen LogP contribution in [0.25, 0.3) is 0 Å². The van der Waals surface area contributed by atoms with Crippen LogP contribution >= 0.6 is 27.5 Å². The average Bonchev–Trinajstić information content (AvgIpc) is 2.44. The summed E-state index contributed by atoms with van der Waals surface area (Å²) in [7, 11) is 0. The van der Waals surface area contributed by atoms with Gasteiger partial charge in [0.05, 0.1) is 10.7 Å². The molecule has 0 spiro atoms. The van der Waals surface area contributed by atoms with Gasteiger partial charge in [-0.2, -0.15) is 0 Å². The first-order valence-electron chi connectivity index (χ1n) is 6.45. The first-order chi connectivity index (χ1) is 9.95. The van der Waals surface area contributed by atoms with Crippen molar-refractivity contribution in [2.75, 3.05) is 5.32 Å². The molecule has 1 N–H and O–H groups in total. The Hall–Kier alpha value is -1.52. The number of hydrogen-bond donors (Lipinski definition) is 1. The summed E-state index contributed by atoms with van der Waals surface area (Å²) in [4.78, 5) is 12.1. The van der Waals surface area contributed by atoms with E-state index in [-0.39, 0.29) is 5.91 Å². The molecule has 0 saturated heterocycles. The number of benzene rings is 2. The van der Waals surface area contributed by atoms with E-state index in [1.807, 2.05) is 25.1 Å². The molecular weight excluding hydrogens is 354 g/mol. The Morgan fingerprint density at radius 1 is 1.24 bits per heavy atom. The van der Waals surface area contributed by atoms with E-state index in [0.717, 1.165) is 10.0 Å². The van der Waals surface area contributed by atoms with Gasteiger partial charge in [-0.05, 0) is 55.8 Å². The third-order valence-corrected chi connectivity index (χ3v) is 3.72. The van der Waals surface area contributed by atoms with Crippen LogP contribution in [0.5, 0.6) is 5.75 Å². The molecule has 0 aliphatic rings. The van der Waals surface area contributed by atoms with Gasteiger partial charge in [0.25, 0.3) is 5.91 Å². The molecule has 110 valence electrons. The maximum Gasteiger partial charge on any atom is 0.265 e. The smallest absolute Gasteiger partial charge is 0.265 e. The SMILES string of the molecule is Cc1ccc(NC(=O)[C@@H](C)Oc2ccc(Br)cc2)c(Cl)c1. The largest absolute Gasteiger partial charge is 0.481 e. The Morgan fingerprint density at radius 2 is 1.90 bits per heavy atom. The molecule has 2 aromatic carbocycles. The van der Waals surface area contributed by atoms with Crippen molar-refractivity contribution in [3.05, 3.63) is 57.5 Å². The number of anilines is 1. The quantitative estimate of drug-likeness (QED) is 0.840. The zero-order chi connectivity index (χ0) is 15.4. The van der Waals surface area contributed by atoms with Crippen LogP contribution in [0.1, 0.15) is 12.5 Å². The van der Waals surface area contributed by atoms with Gasteiger partial charge in [-0.1, -0.05) is 33.6 Å². The molecule has 5 heteroatoms. The van der Waals surface area contributed by atoms with Gasteiger partial charge in [0.15, 0.2) is 6.10 Å². The summed E-state index contributed by atoms with van der Waals surface area (Å²) in [6, 6.07) is 12.8. The molecule has 0 saturated carbocycles. The second kappa shape index (κ2) is 6.96. The van der Waals surface area contributed by atoms with E-state index in [1.54, 1.807) is 31.2 Å². The molecule has 0 bridgehead atoms. The van der Waals surface area contributed by atoms with Crippen molar-refractivity contribution in [1.82, 2.24) is 0 Å². The van der Waals surface area contributed by atoms with E-state index >= 15 is 0 Å². The van der Waals surface area contributed by atoms with Crippen molar-refractivity contribution >= 4 is 39.1 Å². The van der Waals surface area contributed by atoms with Crippen LogP contribution in [0.15, 0.2) is 46.9 Å². The van der Waals surface area contributed by atoms with E-state index in [2.05, 4.69) is 21.2 Å². The van der Waals surface area contributed by atoms with Crippen molar-refractivity contribution in [2.45, 2.75) is 20.0 Å². The van der Waals surface area contributed by atoms with Crippen LogP contribution in [0.3, 0.4) is 0 Å². The summed E-state index contributed by atoms with van der Waals surface area (Å²) in [5.74, 6) is 0.388. The molecule has 0 aliphatic heterocycles. The number of carbonyl (C=O) groups excluding carboxylic acids is 1. The third kappa shape index (κ3) is 4.48. The monoisotopic (exact) mass is 367 g/mol. The molecule has 0 heterocycles. The molecule has 2 aromatic rings. The molecular formula is C16H15BrClNO2. The Balaban J connectivity index is 2.00. The molecule has 1 atom stereocenters. The van der Waals surface area contributed by atoms with E-state index < -0.39 is 6.10 Å². The fourth-order valence-corrected chi connectivity index (χ4v) is 2.27. The maximum atomic E-state index is 12.1. The minimum atomic E-state index is -0.622. The number of rotatable bonds is 4. The zero-order valence-electron chi connectivity index (χ0n) is 11.7. The van der Waals surface area contributed by atoms with Crippen LogP contribution in [0.2, 0.25) is 5.02 Å². The molecule has 21 heavy (non-hydrogen) atoms. The van der Waals surface area contributed by atoms with Crippen LogP contribution in [0, 0.1) is 6.92 Å². The highest BCUT2D eigenvalue weighted by atomic mass is 79.9. The van der Waals surface area contributed by atoms with E-state index in [0.29, 0.717) is 16.5 Å². The van der Waals surface area contributed by atoms with Gasteiger partial charge in [0.1, 0.15) is 5.75 Å². The van der Waals surface area contributed by atoms with Gasteiger partial charge >= 0.3 is 0 Å². The summed E-state index contributed by atoms with van der Waals surface area (Å²) in [5.41, 5.74) is 1.62. The van der Waals surface area contributed by atoms with Crippen molar-refractivity contribution in [3.8, 4) is 5.75 Å². The Morgan fingerprint density at radius 3 is 2.52 bits per heavy atom. The predicted octanol–water partition coefficient (Wildman–Crippen LogP) is 4.82. The standard InChI is InChI=1S/C16H15BrClNO2/c1-10-3-8-15(14(18)9-10)19-16(20)11(2)21-13-6-4-12(17)5-7-13/h3-9,11H,1-2H3,(H,19,20)/t11-/m1/s1. The Labute approximate surface area is 137 Å². The number of aryl methyl sites for hydroxylation is 1. The summed E-state index contributed by atoms with van der Waals surface area (Å²) < 4.78 is 6.55. The first kappa shape index (κ1) is 15.9. The van der Waals surface area contributed by atoms with Gasteiger partial charge in [-0.25, -0.2) is 0 Å². The van der Waals surface area contributed by atoms with E-state index in [4.69, 9.17) is 16.3 Å². The molecule has 1 amide bonds. The zero-order valence-corrected chi connectivity index (χ0v) is 14.0. The summed E-state index contributed by atoms with van der Waals surface area (Å²) in [6.45, 7) is 3.64. The van der Waals surface area contributed by atoms with Crippen molar-refractivity contribution < 1.29 is 9.53 Å². The number of nitrogens with one attached hydrogen (secondary N) is 1. The van der Waals surface area contributed by atoms with Gasteiger partial charge < -0.3 is 10.1 Å². The van der Waals surface area contributed by atoms with Crippen molar-refractivity contribution in [2.24, 2.45) is 0 Å². The molecule has 0 aliphatic carbocycles. The lowest BCUT2D eigenvalue weighted by Gasteiger charge is -2.15. The summed E-state index contributed by atoms with van der Waals surface area (Å²) in [5, 5.41) is 3.28. The molecule has 0 aromatic heterocycles. The highest BCUT2D eigenvalue weighted by molar-refractivity contribution is 9.10. The minimum absolute atomic E-state index is 0.247. The lowest BCUT2D eigenvalue weighted by Crippen LogP contribution is -2.30. The van der Waals surface area contributed by atoms with Crippen molar-refractivity contribution in [1.29, 1.82) is 0 Å². The Bertz CT molecular complexity index is 643. The van der Waals surface area contributed by atoms with Crippen LogP contribution < -0.4 is 10.1 Å². The van der Waals surface area contributed by atoms with Crippen molar-refractivity contribution in [3.63, 3.8) is 0 Å². The number of halogens is 2. The van der Waals surface area contributed by atoms with Gasteiger partial charge in [-0.15, -0.1) is 0 Å². The normalized spacial score (nSPS) is 11.8. The third-order valence-electron chi connectivity index (χ3n) is 2.88. The molecule has 3 nitrogen and oxygen atoms in total. The highest BCUT2D eigenvalue weighted by Gasteiger charge is 2.16. The molecule has 0 radical (unpaired) electrons. The van der Waals surface area contributed by atoms with Gasteiger partial charge in [-0.3, -0.25) is 4.79 Å². The van der Waals surface area contributed by atoms with Gasteiger partial charge in [0, 0.05) is 4.47 Å².